The number of esters is 3. The predicted molar refractivity (Wildman–Crippen MR) is 115 cm³/mol. The summed E-state index contributed by atoms with van der Waals surface area (Å²) in [6.45, 7) is 7.54. The Balaban J connectivity index is 1.89. The first-order valence-electron chi connectivity index (χ1n) is 9.92. The van der Waals surface area contributed by atoms with Gasteiger partial charge in [-0.3, -0.25) is 24.5 Å². The van der Waals surface area contributed by atoms with Gasteiger partial charge < -0.3 is 18.9 Å². The lowest BCUT2D eigenvalue weighted by molar-refractivity contribution is -0.186. The van der Waals surface area contributed by atoms with Gasteiger partial charge in [0.1, 0.15) is 5.75 Å². The molecule has 3 heterocycles. The Kier molecular flexibility index (Phi) is 7.39. The van der Waals surface area contributed by atoms with Gasteiger partial charge in [0.2, 0.25) is 0 Å². The Hall–Kier alpha value is -3.08. The first-order valence-corrected chi connectivity index (χ1v) is 11.0. The molecule has 11 heteroatoms. The molecule has 1 N–H and O–H groups in total. The number of carbonyl (C=O) groups is 3. The smallest absolute Gasteiger partial charge is 0.303 e. The molecule has 0 radical (unpaired) electrons. The quantitative estimate of drug-likeness (QED) is 0.503. The molecule has 0 aliphatic carbocycles. The molecule has 4 atom stereocenters. The number of pyridine rings is 1. The second kappa shape index (κ2) is 10.0. The van der Waals surface area contributed by atoms with E-state index in [0.29, 0.717) is 5.75 Å². The monoisotopic (exact) mass is 463 g/mol. The summed E-state index contributed by atoms with van der Waals surface area (Å²) in [5.41, 5.74) is 2.73. The van der Waals surface area contributed by atoms with Crippen molar-refractivity contribution in [2.75, 3.05) is 5.75 Å². The Bertz CT molecular complexity index is 990. The standard InChI is InChI=1S/C21H25N3O7S/c1-10-18(11(2)24-23-10)15-6-16(8-22-7-15)31-21-20(30-14(5)27)19(29-13(4)26)17(9-32-21)28-12(3)25/h6-8,17,19-21H,9H2,1-5H3,(H,23,24)/t17-,19+,20-,21-/m1/s1. The van der Waals surface area contributed by atoms with Crippen molar-refractivity contribution in [2.45, 2.75) is 58.4 Å². The molecule has 2 aromatic heterocycles. The number of ether oxygens (including phenoxy) is 4. The van der Waals surface area contributed by atoms with Gasteiger partial charge in [-0.2, -0.15) is 5.10 Å². The largest absolute Gasteiger partial charge is 0.474 e. The van der Waals surface area contributed by atoms with E-state index in [1.165, 1.54) is 32.5 Å². The summed E-state index contributed by atoms with van der Waals surface area (Å²) in [5, 5.41) is 7.15. The van der Waals surface area contributed by atoms with E-state index >= 15 is 0 Å². The third kappa shape index (κ3) is 5.58. The molecule has 0 spiro atoms. The Labute approximate surface area is 189 Å². The molecular weight excluding hydrogens is 438 g/mol. The van der Waals surface area contributed by atoms with Crippen LogP contribution >= 0.6 is 11.8 Å². The van der Waals surface area contributed by atoms with Crippen LogP contribution in [-0.2, 0) is 28.6 Å². The highest BCUT2D eigenvalue weighted by Gasteiger charge is 2.47. The highest BCUT2D eigenvalue weighted by Crippen LogP contribution is 2.35. The van der Waals surface area contributed by atoms with Crippen LogP contribution in [0.4, 0.5) is 0 Å². The molecule has 2 aromatic rings. The molecule has 10 nitrogen and oxygen atoms in total. The van der Waals surface area contributed by atoms with E-state index in [1.807, 2.05) is 19.9 Å². The zero-order valence-corrected chi connectivity index (χ0v) is 19.2. The lowest BCUT2D eigenvalue weighted by Gasteiger charge is -2.39. The maximum absolute atomic E-state index is 11.8. The van der Waals surface area contributed by atoms with Crippen LogP contribution in [0.3, 0.4) is 0 Å². The summed E-state index contributed by atoms with van der Waals surface area (Å²) in [6, 6.07) is 1.81. The van der Waals surface area contributed by atoms with Crippen molar-refractivity contribution in [3.63, 3.8) is 0 Å². The van der Waals surface area contributed by atoms with Gasteiger partial charge in [-0.1, -0.05) is 0 Å². The van der Waals surface area contributed by atoms with Gasteiger partial charge >= 0.3 is 17.9 Å². The average molecular weight is 464 g/mol. The molecule has 0 amide bonds. The third-order valence-electron chi connectivity index (χ3n) is 4.69. The number of nitrogens with zero attached hydrogens (tertiary/aromatic N) is 2. The van der Waals surface area contributed by atoms with E-state index in [1.54, 1.807) is 12.4 Å². The van der Waals surface area contributed by atoms with Crippen LogP contribution in [0, 0.1) is 13.8 Å². The van der Waals surface area contributed by atoms with Crippen molar-refractivity contribution < 1.29 is 33.3 Å². The second-order valence-electron chi connectivity index (χ2n) is 7.33. The molecule has 1 aliphatic rings. The Morgan fingerprint density at radius 2 is 1.66 bits per heavy atom. The van der Waals surface area contributed by atoms with Gasteiger partial charge in [-0.15, -0.1) is 11.8 Å². The van der Waals surface area contributed by atoms with Crippen molar-refractivity contribution in [3.05, 3.63) is 29.8 Å². The minimum atomic E-state index is -1.01. The van der Waals surface area contributed by atoms with Gasteiger partial charge in [0, 0.05) is 49.5 Å². The molecule has 32 heavy (non-hydrogen) atoms. The highest BCUT2D eigenvalue weighted by molar-refractivity contribution is 7.99. The Morgan fingerprint density at radius 3 is 2.25 bits per heavy atom. The fourth-order valence-corrected chi connectivity index (χ4v) is 4.76. The number of nitrogens with one attached hydrogen (secondary N) is 1. The minimum absolute atomic E-state index is 0.285. The molecule has 1 fully saturated rings. The topological polar surface area (TPSA) is 130 Å². The summed E-state index contributed by atoms with van der Waals surface area (Å²) in [6.07, 6.45) is 0.444. The fourth-order valence-electron chi connectivity index (χ4n) is 3.54. The van der Waals surface area contributed by atoms with Crippen LogP contribution in [0.15, 0.2) is 18.5 Å². The molecule has 0 unspecified atom stereocenters. The predicted octanol–water partition coefficient (Wildman–Crippen LogP) is 2.34. The van der Waals surface area contributed by atoms with Crippen molar-refractivity contribution >= 4 is 29.7 Å². The van der Waals surface area contributed by atoms with E-state index in [-0.39, 0.29) is 5.75 Å². The summed E-state index contributed by atoms with van der Waals surface area (Å²) in [5.74, 6) is -0.987. The first kappa shape index (κ1) is 23.6. The lowest BCUT2D eigenvalue weighted by Crippen LogP contribution is -2.55. The van der Waals surface area contributed by atoms with Gasteiger partial charge in [-0.05, 0) is 19.9 Å². The van der Waals surface area contributed by atoms with Crippen molar-refractivity contribution in [2.24, 2.45) is 0 Å². The number of rotatable bonds is 6. The molecule has 0 saturated carbocycles. The second-order valence-corrected chi connectivity index (χ2v) is 8.47. The molecule has 1 aliphatic heterocycles. The van der Waals surface area contributed by atoms with Crippen LogP contribution in [0.5, 0.6) is 5.75 Å². The van der Waals surface area contributed by atoms with E-state index < -0.39 is 41.7 Å². The third-order valence-corrected chi connectivity index (χ3v) is 5.90. The van der Waals surface area contributed by atoms with Crippen LogP contribution in [0.25, 0.3) is 11.1 Å². The minimum Gasteiger partial charge on any atom is -0.474 e. The summed E-state index contributed by atoms with van der Waals surface area (Å²) in [4.78, 5) is 39.3. The number of aryl methyl sites for hydroxylation is 2. The van der Waals surface area contributed by atoms with Gasteiger partial charge in [-0.25, -0.2) is 0 Å². The summed E-state index contributed by atoms with van der Waals surface area (Å²) >= 11 is 1.28. The van der Waals surface area contributed by atoms with E-state index in [0.717, 1.165) is 22.5 Å². The number of H-pyrrole nitrogens is 1. The van der Waals surface area contributed by atoms with Gasteiger partial charge in [0.15, 0.2) is 23.7 Å². The van der Waals surface area contributed by atoms with E-state index in [4.69, 9.17) is 18.9 Å². The zero-order chi connectivity index (χ0) is 23.4. The summed E-state index contributed by atoms with van der Waals surface area (Å²) in [7, 11) is 0. The normalized spacial score (nSPS) is 22.7. The van der Waals surface area contributed by atoms with Crippen LogP contribution in [-0.4, -0.2) is 62.6 Å². The molecule has 0 bridgehead atoms. The molecular formula is C21H25N3O7S. The van der Waals surface area contributed by atoms with E-state index in [9.17, 15) is 14.4 Å². The number of hydrogen-bond donors (Lipinski definition) is 1. The van der Waals surface area contributed by atoms with Gasteiger partial charge in [0.05, 0.1) is 11.9 Å². The van der Waals surface area contributed by atoms with Crippen LogP contribution in [0.2, 0.25) is 0 Å². The van der Waals surface area contributed by atoms with Crippen molar-refractivity contribution in [3.8, 4) is 16.9 Å². The summed E-state index contributed by atoms with van der Waals surface area (Å²) < 4.78 is 22.3. The van der Waals surface area contributed by atoms with E-state index in [2.05, 4.69) is 15.2 Å². The maximum Gasteiger partial charge on any atom is 0.303 e. The van der Waals surface area contributed by atoms with Crippen LogP contribution < -0.4 is 4.74 Å². The number of aromatic amines is 1. The molecule has 172 valence electrons. The maximum atomic E-state index is 11.8. The lowest BCUT2D eigenvalue weighted by atomic mass is 10.1. The van der Waals surface area contributed by atoms with Gasteiger partial charge in [0.25, 0.3) is 0 Å². The van der Waals surface area contributed by atoms with Crippen molar-refractivity contribution in [1.29, 1.82) is 0 Å². The molecule has 3 rings (SSSR count). The SMILES string of the molecule is CC(=O)O[C@@H]1[C@@H](OC(C)=O)[C@H](OC(C)=O)CS[C@H]1Oc1cncc(-c2c(C)n[nH]c2C)c1. The number of carbonyl (C=O) groups excluding carboxylic acids is 3. The van der Waals surface area contributed by atoms with Crippen LogP contribution in [0.1, 0.15) is 32.2 Å². The van der Waals surface area contributed by atoms with Crippen molar-refractivity contribution in [1.82, 2.24) is 15.2 Å². The number of hydrogen-bond acceptors (Lipinski definition) is 10. The Morgan fingerprint density at radius 1 is 1.00 bits per heavy atom. The molecule has 0 aromatic carbocycles. The average Bonchev–Trinajstić information content (AvgIpc) is 3.03. The zero-order valence-electron chi connectivity index (χ0n) is 18.4. The number of thioether (sulfide) groups is 1. The number of aromatic nitrogens is 3. The molecule has 1 saturated heterocycles. The first-order chi connectivity index (χ1) is 15.2. The highest BCUT2D eigenvalue weighted by atomic mass is 32.2. The fraction of sp³-hybridized carbons (Fsp3) is 0.476.